The molecule has 0 atom stereocenters. The second-order valence-electron chi connectivity index (χ2n) is 19.6. The van der Waals surface area contributed by atoms with E-state index in [1.807, 2.05) is 72.7 Å². The number of aromatic nitrogens is 28. The van der Waals surface area contributed by atoms with Crippen LogP contribution in [0.1, 0.15) is 65.0 Å². The third-order valence-corrected chi connectivity index (χ3v) is 15.2. The number of hydrogen-bond acceptors (Lipinski definition) is 20. The molecule has 0 bridgehead atoms. The van der Waals surface area contributed by atoms with Crippen LogP contribution in [0.4, 0.5) is 0 Å². The summed E-state index contributed by atoms with van der Waals surface area (Å²) in [5, 5.41) is 49.7. The molecule has 1 aliphatic rings. The van der Waals surface area contributed by atoms with Gasteiger partial charge in [-0.05, 0) is 96.4 Å². The maximum Gasteiger partial charge on any atom is 0.368 e. The lowest BCUT2D eigenvalue weighted by atomic mass is 10.1. The summed E-state index contributed by atoms with van der Waals surface area (Å²) < 4.78 is 70.2. The standard InChI is InChI=1S/C14H17N7O2.C13H17N7O2.C12H15N7O2.C11H12IN7O2/c1-19-7-11(21-14(22)20(2)17-18-21)10(13(19)9-3-4-9)8-23-12-5-6-15-16-12;1-4-10-9(8-22-12-5-6-14-15-12)11(7-18(10)2)20-13(21)19(3)16-17-20;1-8-9(7-21-11-4-5-13-14-11)10(6-17(8)2)19-12(20)18(3)15-16-19;1-17-5-8(19-11(20)18(2)15-16-19)7(10(17)12)6-21-9-3-4-13-14-9/h5-7,9H,3-4,8H2,1-2H3,(H,15,16);5-7H,4,8H2,1-3H3,(H,14,15);4-6H,7H2,1-3H3,(H,13,14);3-5H,6H2,1-2H3,(H,13,14)/i/hT4. The average Bonchev–Trinajstić information content (AvgIpc) is 1.66. The molecule has 36 nitrogen and oxygen atoms in total. The Hall–Kier alpha value is -10.6. The van der Waals surface area contributed by atoms with E-state index in [4.69, 9.17) is 24.6 Å². The highest BCUT2D eigenvalue weighted by molar-refractivity contribution is 14.1. The fourth-order valence-electron chi connectivity index (χ4n) is 9.10. The minimum absolute atomic E-state index is 0.203. The van der Waals surface area contributed by atoms with Gasteiger partial charge in [0.25, 0.3) is 0 Å². The van der Waals surface area contributed by atoms with Gasteiger partial charge in [-0.15, -0.1) is 20.4 Å². The molecule has 0 amide bonds. The van der Waals surface area contributed by atoms with Gasteiger partial charge in [-0.25, -0.2) is 19.2 Å². The minimum Gasteiger partial charge on any atom is -0.472 e. The summed E-state index contributed by atoms with van der Waals surface area (Å²) in [6, 6.07) is 6.42. The summed E-state index contributed by atoms with van der Waals surface area (Å²) in [7, 11) is 13.8. The molecule has 1 fully saturated rings. The van der Waals surface area contributed by atoms with Gasteiger partial charge in [-0.3, -0.25) is 20.4 Å². The molecule has 4 N–H and O–H groups in total. The van der Waals surface area contributed by atoms with Crippen LogP contribution in [0.25, 0.3) is 22.7 Å². The van der Waals surface area contributed by atoms with Crippen molar-refractivity contribution < 1.29 is 24.6 Å². The van der Waals surface area contributed by atoms with Crippen LogP contribution in [-0.4, -0.2) is 138 Å². The van der Waals surface area contributed by atoms with Gasteiger partial charge in [-0.1, -0.05) is 6.92 Å². The number of nitrogens with zero attached hydrogens (tertiary/aromatic N) is 24. The molecular weight excluding hydrogens is 1250 g/mol. The van der Waals surface area contributed by atoms with E-state index in [0.29, 0.717) is 52.2 Å². The molecule has 456 valence electrons. The van der Waals surface area contributed by atoms with Crippen LogP contribution in [0.3, 0.4) is 0 Å². The van der Waals surface area contributed by atoms with E-state index in [1.165, 1.54) is 59.9 Å². The lowest BCUT2D eigenvalue weighted by Crippen LogP contribution is -2.22. The molecule has 12 aromatic rings. The monoisotopic (exact) mass is 1320 g/mol. The molecule has 1 saturated carbocycles. The molecule has 12 aromatic heterocycles. The van der Waals surface area contributed by atoms with Crippen LogP contribution in [0, 0.1) is 10.6 Å². The Kier molecular flexibility index (Phi) is 16.0. The van der Waals surface area contributed by atoms with E-state index in [1.54, 1.807) is 57.8 Å². The molecule has 0 saturated heterocycles. The maximum atomic E-state index is 12.2. The van der Waals surface area contributed by atoms with Crippen LogP contribution < -0.4 is 41.7 Å². The summed E-state index contributed by atoms with van der Waals surface area (Å²) in [4.78, 5) is 48.4. The van der Waals surface area contributed by atoms with E-state index in [0.717, 1.165) is 92.0 Å². The Morgan fingerprint density at radius 1 is 0.471 bits per heavy atom. The van der Waals surface area contributed by atoms with Crippen molar-refractivity contribution in [3.8, 4) is 46.3 Å². The van der Waals surface area contributed by atoms with Crippen molar-refractivity contribution in [2.75, 3.05) is 0 Å². The first-order chi connectivity index (χ1) is 43.5. The van der Waals surface area contributed by atoms with Crippen molar-refractivity contribution in [2.24, 2.45) is 56.4 Å². The van der Waals surface area contributed by atoms with Gasteiger partial charge in [0.15, 0.2) is 5.65 Å². The highest BCUT2D eigenvalue weighted by Crippen LogP contribution is 2.43. The number of rotatable bonds is 18. The number of ether oxygens (including phenoxy) is 4. The topological polar surface area (TPSA) is 382 Å². The molecule has 0 aromatic carbocycles. The highest BCUT2D eigenvalue weighted by atomic mass is 127. The third-order valence-electron chi connectivity index (χ3n) is 13.8. The van der Waals surface area contributed by atoms with Gasteiger partial charge < -0.3 is 37.2 Å². The summed E-state index contributed by atoms with van der Waals surface area (Å²) in [5.74, 6) is 1.88. The summed E-state index contributed by atoms with van der Waals surface area (Å²) in [6.45, 7) is 4.84. The number of aromatic amines is 4. The average molecular weight is 1320 g/mol. The van der Waals surface area contributed by atoms with Crippen molar-refractivity contribution in [3.05, 3.63) is 159 Å². The van der Waals surface area contributed by atoms with Gasteiger partial charge in [0.2, 0.25) is 23.5 Å². The fraction of sp³-hybridized carbons (Fsp3) is 0.360. The largest absolute Gasteiger partial charge is 0.472 e. The van der Waals surface area contributed by atoms with Gasteiger partial charge in [0, 0.05) is 170 Å². The number of hydrogen-bond donors (Lipinski definition) is 4. The molecule has 1 aliphatic carbocycles. The number of nitrogens with one attached hydrogen (secondary N) is 4. The Labute approximate surface area is 510 Å². The van der Waals surface area contributed by atoms with Gasteiger partial charge in [0.05, 0.1) is 26.5 Å². The van der Waals surface area contributed by atoms with Gasteiger partial charge in [-0.2, -0.15) is 37.5 Å². The molecular formula is C50H61IN28O8. The van der Waals surface area contributed by atoms with E-state index in [-0.39, 0.29) is 49.2 Å². The summed E-state index contributed by atoms with van der Waals surface area (Å²) >= 11 is 2.17. The first kappa shape index (κ1) is 54.3. The SMILES string of the molecule is [3H]n1ccc(OCc2c(-n3nnn(C)c3=O)cn(C)c2C)n1.[3H]n1ccc(OCc2c(-n3nnn(C)c3=O)cn(C)c2C2CC2)n1.[3H]n1ccc(OCc2c(-n3nnn(C)c3=O)cn(C)c2CC)n1.[3H]n1ccc(OCc2c(-n3nnn(C)c3=O)cn(C)c2I)n1. The van der Waals surface area contributed by atoms with Gasteiger partial charge >= 0.3 is 22.8 Å². The molecule has 0 aliphatic heterocycles. The lowest BCUT2D eigenvalue weighted by Gasteiger charge is -2.08. The lowest BCUT2D eigenvalue weighted by molar-refractivity contribution is 0.291. The van der Waals surface area contributed by atoms with Crippen molar-refractivity contribution in [1.29, 1.82) is 0 Å². The first-order valence-electron chi connectivity index (χ1n) is 28.3. The molecule has 0 spiro atoms. The minimum atomic E-state index is -0.335. The smallest absolute Gasteiger partial charge is 0.368 e. The fourth-order valence-corrected chi connectivity index (χ4v) is 9.67. The number of aryl methyl sites for hydroxylation is 8. The zero-order valence-corrected chi connectivity index (χ0v) is 50.8. The Bertz CT molecular complexity index is 4620. The van der Waals surface area contributed by atoms with E-state index in [9.17, 15) is 19.2 Å². The molecule has 0 unspecified atom stereocenters. The maximum absolute atomic E-state index is 12.2. The predicted molar refractivity (Wildman–Crippen MR) is 313 cm³/mol. The number of halogens is 1. The molecule has 37 heteroatoms. The third kappa shape index (κ3) is 12.8. The Morgan fingerprint density at radius 3 is 1.17 bits per heavy atom. The Morgan fingerprint density at radius 2 is 0.805 bits per heavy atom. The summed E-state index contributed by atoms with van der Waals surface area (Å²) in [6.07, 6.45) is 16.3. The van der Waals surface area contributed by atoms with Crippen molar-refractivity contribution >= 4 is 22.6 Å². The molecule has 0 radical (unpaired) electrons. The molecule has 12 heterocycles. The van der Waals surface area contributed by atoms with Crippen LogP contribution in [-0.2, 0) is 89.2 Å². The van der Waals surface area contributed by atoms with E-state index >= 15 is 0 Å². The van der Waals surface area contributed by atoms with Crippen LogP contribution in [0.15, 0.2) is 93.0 Å². The predicted octanol–water partition coefficient (Wildman–Crippen LogP) is 0.779. The second-order valence-corrected chi connectivity index (χ2v) is 20.6. The normalized spacial score (nSPS) is 12.5. The van der Waals surface area contributed by atoms with Gasteiger partial charge in [0.1, 0.15) is 26.4 Å². The molecule has 13 rings (SSSR count). The van der Waals surface area contributed by atoms with Crippen LogP contribution in [0.5, 0.6) is 23.5 Å². The van der Waals surface area contributed by atoms with Crippen LogP contribution in [0.2, 0.25) is 5.65 Å². The number of H-pyrrole nitrogens is 4. The van der Waals surface area contributed by atoms with Crippen molar-refractivity contribution in [2.45, 2.75) is 65.5 Å². The number of tetrazole rings is 4. The Balaban J connectivity index is 0.000000133. The van der Waals surface area contributed by atoms with E-state index < -0.39 is 0 Å². The highest BCUT2D eigenvalue weighted by Gasteiger charge is 2.32. The second kappa shape index (κ2) is 25.7. The first-order valence-corrected chi connectivity index (χ1v) is 27.6. The summed E-state index contributed by atoms with van der Waals surface area (Å²) in [5.41, 5.74) is 7.70. The zero-order valence-electron chi connectivity index (χ0n) is 52.6. The van der Waals surface area contributed by atoms with Crippen molar-refractivity contribution in [1.82, 2.24) is 138 Å². The van der Waals surface area contributed by atoms with E-state index in [2.05, 4.69) is 84.7 Å². The van der Waals surface area contributed by atoms with Crippen molar-refractivity contribution in [3.63, 3.8) is 0 Å². The zero-order chi connectivity index (χ0) is 65.1. The van der Waals surface area contributed by atoms with Crippen LogP contribution >= 0.6 is 22.6 Å². The molecule has 87 heavy (non-hydrogen) atoms. The quantitative estimate of drug-likeness (QED) is 0.0862.